The van der Waals surface area contributed by atoms with Gasteiger partial charge in [-0.2, -0.15) is 0 Å². The lowest BCUT2D eigenvalue weighted by molar-refractivity contribution is -0.346. The Morgan fingerprint density at radius 3 is 1.59 bits per heavy atom. The number of aliphatic hydroxyl groups is 11. The first kappa shape index (κ1) is 73.6. The van der Waals surface area contributed by atoms with Crippen molar-refractivity contribution in [2.24, 2.45) is 28.6 Å². The maximum absolute atomic E-state index is 13.2. The average Bonchev–Trinajstić information content (AvgIpc) is 1.65. The number of allylic oxidation sites excluding steroid dienone is 2. The van der Waals surface area contributed by atoms with Gasteiger partial charge in [0.25, 0.3) is 0 Å². The molecule has 0 amide bonds. The van der Waals surface area contributed by atoms with E-state index in [0.29, 0.717) is 50.5 Å². The van der Waals surface area contributed by atoms with E-state index in [-0.39, 0.29) is 35.4 Å². The van der Waals surface area contributed by atoms with Crippen LogP contribution < -0.4 is 0 Å². The molecule has 0 aromatic heterocycles. The Morgan fingerprint density at radius 2 is 1.08 bits per heavy atom. The zero-order valence-electron chi connectivity index (χ0n) is 55.4. The van der Waals surface area contributed by atoms with Crippen LogP contribution in [0.15, 0.2) is 23.3 Å². The second-order valence-electron chi connectivity index (χ2n) is 28.2. The third kappa shape index (κ3) is 14.6. The predicted octanol–water partition coefficient (Wildman–Crippen LogP) is 0.0170. The molecule has 11 N–H and O–H groups in total. The van der Waals surface area contributed by atoms with Crippen molar-refractivity contribution < 1.29 is 137 Å². The van der Waals surface area contributed by atoms with E-state index >= 15 is 0 Å². The Labute approximate surface area is 543 Å². The van der Waals surface area contributed by atoms with Gasteiger partial charge in [-0.1, -0.05) is 31.6 Å². The zero-order chi connectivity index (χ0) is 67.3. The molecular weight excluding hydrogens is 1230 g/mol. The van der Waals surface area contributed by atoms with Crippen molar-refractivity contribution in [1.82, 2.24) is 0 Å². The van der Waals surface area contributed by atoms with Gasteiger partial charge in [-0.25, -0.2) is 4.79 Å². The summed E-state index contributed by atoms with van der Waals surface area (Å²) < 4.78 is 97.9. The maximum Gasteiger partial charge on any atom is 0.333 e. The van der Waals surface area contributed by atoms with Crippen LogP contribution in [0.3, 0.4) is 0 Å². The topological polar surface area (TPSA) is 387 Å². The van der Waals surface area contributed by atoms with Crippen LogP contribution in [0, 0.1) is 28.6 Å². The maximum atomic E-state index is 13.2. The number of hydrogen-bond donors (Lipinski definition) is 11. The molecule has 6 aliphatic heterocycles. The number of ether oxygens (including phenoxy) is 16. The van der Waals surface area contributed by atoms with Gasteiger partial charge in [-0.15, -0.1) is 0 Å². The Balaban J connectivity index is 0.701. The lowest BCUT2D eigenvalue weighted by Gasteiger charge is -2.61. The molecule has 10 aliphatic rings. The van der Waals surface area contributed by atoms with Gasteiger partial charge in [0, 0.05) is 51.6 Å². The fourth-order valence-corrected chi connectivity index (χ4v) is 17.2. The van der Waals surface area contributed by atoms with E-state index in [4.69, 9.17) is 75.8 Å². The van der Waals surface area contributed by atoms with Gasteiger partial charge in [0.2, 0.25) is 0 Å². The van der Waals surface area contributed by atoms with E-state index < -0.39 is 203 Å². The molecule has 93 heavy (non-hydrogen) atoms. The Morgan fingerprint density at radius 1 is 0.602 bits per heavy atom. The monoisotopic (exact) mass is 1330 g/mol. The summed E-state index contributed by atoms with van der Waals surface area (Å²) in [6.45, 7) is 13.6. The third-order valence-corrected chi connectivity index (χ3v) is 23.0. The first-order valence-corrected chi connectivity index (χ1v) is 33.5. The lowest BCUT2D eigenvalue weighted by atomic mass is 9.45. The van der Waals surface area contributed by atoms with E-state index in [2.05, 4.69) is 19.9 Å². The first-order chi connectivity index (χ1) is 44.1. The average molecular weight is 1340 g/mol. The molecule has 6 heterocycles. The normalized spacial score (nSPS) is 50.8. The minimum absolute atomic E-state index is 0.0418. The zero-order valence-corrected chi connectivity index (χ0v) is 55.4. The molecule has 28 heteroatoms. The summed E-state index contributed by atoms with van der Waals surface area (Å²) >= 11 is 0. The van der Waals surface area contributed by atoms with Crippen LogP contribution in [0.4, 0.5) is 0 Å². The summed E-state index contributed by atoms with van der Waals surface area (Å²) in [5.41, 5.74) is -0.0114. The van der Waals surface area contributed by atoms with E-state index in [1.54, 1.807) is 41.3 Å². The van der Waals surface area contributed by atoms with Crippen LogP contribution in [-0.2, 0) is 80.6 Å². The van der Waals surface area contributed by atoms with Gasteiger partial charge in [0.15, 0.2) is 43.8 Å². The van der Waals surface area contributed by atoms with Crippen molar-refractivity contribution in [3.63, 3.8) is 0 Å². The SMILES string of the molecule is C/C=C(\C)C(=O)O[C@@H]1[C@@H](C)O[C@@H](O[C@H]2[C@@H](OC)C[C@H](O[C@H]3[C@@H](OC)C[C@H](O[C@H]4CC[C@@]5(C)C(=CC[C@@H]6[C@@H]5CC[C@]5(C)[C@@H]([C@H](C)O[C@@H]7O[C@H](CO[C@@H]8O[C@H](CO[C@@H]9O[C@H](CO)[C@@H](O)[C@H](O)[C@H]9O)[C@@H](O)[C@H](O)[C@H]8O)[C@@H](O)[C@H](O)[C@H]7O)CC[C@]65O)C4)O[C@@H]3C)O[C@@H]2C)C[C@H]1OC. The van der Waals surface area contributed by atoms with Crippen molar-refractivity contribution in [1.29, 1.82) is 0 Å². The van der Waals surface area contributed by atoms with Crippen LogP contribution in [0.2, 0.25) is 0 Å². The van der Waals surface area contributed by atoms with Crippen LogP contribution in [0.25, 0.3) is 0 Å². The number of methoxy groups -OCH3 is 3. The fraction of sp³-hybridized carbons (Fsp3) is 0.923. The van der Waals surface area contributed by atoms with Crippen molar-refractivity contribution in [3.05, 3.63) is 23.3 Å². The molecule has 10 rings (SSSR count). The lowest BCUT2D eigenvalue weighted by Crippen LogP contribution is -2.63. The molecule has 0 spiro atoms. The largest absolute Gasteiger partial charge is 0.453 e. The summed E-state index contributed by atoms with van der Waals surface area (Å²) in [5.74, 6) is -0.469. The molecule has 9 fully saturated rings. The second-order valence-corrected chi connectivity index (χ2v) is 28.2. The molecule has 28 nitrogen and oxygen atoms in total. The van der Waals surface area contributed by atoms with Gasteiger partial charge >= 0.3 is 5.97 Å². The number of esters is 1. The molecule has 0 unspecified atom stereocenters. The highest BCUT2D eigenvalue weighted by Gasteiger charge is 2.68. The van der Waals surface area contributed by atoms with Gasteiger partial charge in [0.05, 0.1) is 68.1 Å². The van der Waals surface area contributed by atoms with Gasteiger partial charge in [0.1, 0.15) is 91.6 Å². The van der Waals surface area contributed by atoms with Gasteiger partial charge in [-0.3, -0.25) is 0 Å². The predicted molar refractivity (Wildman–Crippen MR) is 319 cm³/mol. The molecule has 6 saturated heterocycles. The number of fused-ring (bicyclic) bond motifs is 5. The summed E-state index contributed by atoms with van der Waals surface area (Å²) in [5, 5.41) is 119. The van der Waals surface area contributed by atoms with Crippen LogP contribution >= 0.6 is 0 Å². The molecule has 0 radical (unpaired) electrons. The highest BCUT2D eigenvalue weighted by molar-refractivity contribution is 5.87. The highest BCUT2D eigenvalue weighted by atomic mass is 16.8. The second kappa shape index (κ2) is 30.4. The summed E-state index contributed by atoms with van der Waals surface area (Å²) in [6, 6.07) is 0. The Kier molecular flexibility index (Phi) is 24.1. The molecule has 3 saturated carbocycles. The molecule has 534 valence electrons. The van der Waals surface area contributed by atoms with Gasteiger partial charge < -0.3 is 132 Å². The summed E-state index contributed by atoms with van der Waals surface area (Å²) in [7, 11) is 4.87. The molecule has 35 atom stereocenters. The van der Waals surface area contributed by atoms with E-state index in [9.17, 15) is 61.0 Å². The number of carbonyl (C=O) groups excluding carboxylic acids is 1. The molecular formula is C65H106O28. The third-order valence-electron chi connectivity index (χ3n) is 23.0. The van der Waals surface area contributed by atoms with E-state index in [1.807, 2.05) is 27.7 Å². The van der Waals surface area contributed by atoms with Crippen molar-refractivity contribution in [3.8, 4) is 0 Å². The Hall–Kier alpha value is -2.09. The van der Waals surface area contributed by atoms with Crippen molar-refractivity contribution in [2.75, 3.05) is 41.2 Å². The van der Waals surface area contributed by atoms with E-state index in [0.717, 1.165) is 25.7 Å². The minimum atomic E-state index is -1.85. The highest BCUT2D eigenvalue weighted by Crippen LogP contribution is 2.69. The van der Waals surface area contributed by atoms with Crippen LogP contribution in [0.5, 0.6) is 0 Å². The molecule has 4 aliphatic carbocycles. The van der Waals surface area contributed by atoms with E-state index in [1.165, 1.54) is 5.57 Å². The smallest absolute Gasteiger partial charge is 0.333 e. The van der Waals surface area contributed by atoms with Crippen LogP contribution in [-0.4, -0.2) is 287 Å². The summed E-state index contributed by atoms with van der Waals surface area (Å²) in [6.07, 6.45) is -20.5. The first-order valence-electron chi connectivity index (χ1n) is 33.5. The summed E-state index contributed by atoms with van der Waals surface area (Å²) in [4.78, 5) is 12.6. The van der Waals surface area contributed by atoms with Gasteiger partial charge in [-0.05, 0) is 116 Å². The Bertz CT molecular complexity index is 2510. The molecule has 0 bridgehead atoms. The van der Waals surface area contributed by atoms with Crippen molar-refractivity contribution >= 4 is 5.97 Å². The standard InChI is InChI=1S/C65H106O28/c1-12-28(2)59(76)93-58-32(6)85-46(24-40(58)80-11)92-57-31(5)84-45(23-39(57)79-10)91-56-30(4)83-44(22-38(56)78-9)87-34-15-18-63(7)33(21-34)13-14-37-36(63)16-19-64(8)35(17-20-65(37,64)77)29(3)86-62-55(75)52(72)49(69)43(90-62)27-82-61-54(74)51(71)48(68)42(89-61)26-81-60-53(73)50(70)47(67)41(25-66)88-60/h12-13,29-32,34-58,60-62,66-75,77H,14-27H2,1-11H3/b28-12+/t29-,30+,31+,32+,34-,35+,36-,37+,38-,39-,40+,41+,42+,43+,44-,45-,46-,47+,48+,49+,50-,51-,52-,53+,54+,55+,56+,57+,58+,60+,61+,62+,63-,64+,65-/m0/s1. The quantitative estimate of drug-likeness (QED) is 0.0410. The minimum Gasteiger partial charge on any atom is -0.453 e. The number of carbonyl (C=O) groups is 1. The number of rotatable bonds is 21. The van der Waals surface area contributed by atoms with Crippen LogP contribution in [0.1, 0.15) is 126 Å². The molecule has 0 aromatic carbocycles. The fourth-order valence-electron chi connectivity index (χ4n) is 17.2. The number of hydrogen-bond acceptors (Lipinski definition) is 28. The van der Waals surface area contributed by atoms with Crippen molar-refractivity contribution in [2.45, 2.75) is 310 Å². The number of aliphatic hydroxyl groups excluding tert-OH is 10. The molecule has 0 aromatic rings.